The van der Waals surface area contributed by atoms with Crippen LogP contribution in [0, 0.1) is 11.2 Å². The van der Waals surface area contributed by atoms with Crippen LogP contribution in [-0.2, 0) is 9.53 Å². The van der Waals surface area contributed by atoms with Crippen LogP contribution in [0.15, 0.2) is 18.2 Å². The minimum absolute atomic E-state index is 0.0439. The summed E-state index contributed by atoms with van der Waals surface area (Å²) in [6, 6.07) is 3.80. The fraction of sp³-hybridized carbons (Fsp3) is 0.385. The van der Waals surface area contributed by atoms with E-state index in [1.165, 1.54) is 40.2 Å². The minimum atomic E-state index is -1.35. The van der Waals surface area contributed by atoms with Crippen LogP contribution in [0.1, 0.15) is 24.2 Å². The van der Waals surface area contributed by atoms with Gasteiger partial charge in [-0.1, -0.05) is 0 Å². The molecule has 5 heteroatoms. The van der Waals surface area contributed by atoms with E-state index in [0.29, 0.717) is 0 Å². The van der Waals surface area contributed by atoms with E-state index in [9.17, 15) is 14.0 Å². The Balaban J connectivity index is 3.12. The minimum Gasteiger partial charge on any atom is -0.494 e. The highest BCUT2D eigenvalue weighted by molar-refractivity contribution is 6.11. The number of rotatable bonds is 4. The SMILES string of the molecule is COC(=O)C(C)(C)C(=O)c1ccc(OC)c(F)c1. The molecule has 0 spiro atoms. The second-order valence-electron chi connectivity index (χ2n) is 4.30. The number of hydrogen-bond acceptors (Lipinski definition) is 4. The molecule has 0 amide bonds. The van der Waals surface area contributed by atoms with Crippen LogP contribution in [-0.4, -0.2) is 26.0 Å². The largest absolute Gasteiger partial charge is 0.494 e. The maximum atomic E-state index is 13.5. The summed E-state index contributed by atoms with van der Waals surface area (Å²) in [5.74, 6) is -1.77. The summed E-state index contributed by atoms with van der Waals surface area (Å²) in [5.41, 5.74) is -1.25. The maximum absolute atomic E-state index is 13.5. The molecule has 0 saturated carbocycles. The topological polar surface area (TPSA) is 52.6 Å². The molecule has 0 bridgehead atoms. The number of ketones is 1. The lowest BCUT2D eigenvalue weighted by Gasteiger charge is -2.20. The van der Waals surface area contributed by atoms with Crippen LogP contribution in [0.25, 0.3) is 0 Å². The molecule has 0 aliphatic rings. The van der Waals surface area contributed by atoms with Gasteiger partial charge in [-0.05, 0) is 32.0 Å². The summed E-state index contributed by atoms with van der Waals surface area (Å²) in [4.78, 5) is 23.6. The first-order chi connectivity index (χ1) is 8.34. The van der Waals surface area contributed by atoms with Crippen molar-refractivity contribution in [3.63, 3.8) is 0 Å². The molecule has 0 N–H and O–H groups in total. The number of esters is 1. The molecule has 0 aromatic heterocycles. The zero-order valence-corrected chi connectivity index (χ0v) is 10.7. The fourth-order valence-corrected chi connectivity index (χ4v) is 1.52. The molecule has 0 unspecified atom stereocenters. The number of benzene rings is 1. The van der Waals surface area contributed by atoms with Gasteiger partial charge in [0.25, 0.3) is 0 Å². The third-order valence-corrected chi connectivity index (χ3v) is 2.68. The second-order valence-corrected chi connectivity index (χ2v) is 4.30. The van der Waals surface area contributed by atoms with Crippen LogP contribution in [0.2, 0.25) is 0 Å². The Labute approximate surface area is 105 Å². The molecule has 1 aromatic rings. The molecule has 98 valence electrons. The number of ether oxygens (including phenoxy) is 2. The lowest BCUT2D eigenvalue weighted by atomic mass is 9.84. The van der Waals surface area contributed by atoms with Crippen molar-refractivity contribution >= 4 is 11.8 Å². The Bertz CT molecular complexity index is 480. The number of Topliss-reactive ketones (excluding diaryl/α,β-unsaturated/α-hetero) is 1. The lowest BCUT2D eigenvalue weighted by Crippen LogP contribution is -2.34. The first-order valence-corrected chi connectivity index (χ1v) is 5.31. The van der Waals surface area contributed by atoms with E-state index in [2.05, 4.69) is 4.74 Å². The van der Waals surface area contributed by atoms with Gasteiger partial charge < -0.3 is 9.47 Å². The highest BCUT2D eigenvalue weighted by Crippen LogP contribution is 2.26. The van der Waals surface area contributed by atoms with Gasteiger partial charge in [0.1, 0.15) is 5.41 Å². The van der Waals surface area contributed by atoms with E-state index < -0.39 is 23.0 Å². The zero-order chi connectivity index (χ0) is 13.9. The summed E-state index contributed by atoms with van der Waals surface area (Å²) in [7, 11) is 2.53. The molecule has 18 heavy (non-hydrogen) atoms. The molecule has 4 nitrogen and oxygen atoms in total. The molecular weight excluding hydrogens is 239 g/mol. The Hall–Kier alpha value is -1.91. The van der Waals surface area contributed by atoms with Gasteiger partial charge in [0.2, 0.25) is 0 Å². The van der Waals surface area contributed by atoms with Crippen LogP contribution >= 0.6 is 0 Å². The van der Waals surface area contributed by atoms with Crippen LogP contribution in [0.3, 0.4) is 0 Å². The van der Waals surface area contributed by atoms with E-state index in [4.69, 9.17) is 4.74 Å². The average Bonchev–Trinajstić information content (AvgIpc) is 2.36. The van der Waals surface area contributed by atoms with Crippen molar-refractivity contribution in [2.24, 2.45) is 5.41 Å². The van der Waals surface area contributed by atoms with E-state index in [1.807, 2.05) is 0 Å². The van der Waals surface area contributed by atoms with Gasteiger partial charge in [0.15, 0.2) is 17.3 Å². The molecular formula is C13H15FO4. The molecule has 0 atom stereocenters. The number of hydrogen-bond donors (Lipinski definition) is 0. The lowest BCUT2D eigenvalue weighted by molar-refractivity contribution is -0.147. The van der Waals surface area contributed by atoms with Gasteiger partial charge in [-0.3, -0.25) is 9.59 Å². The zero-order valence-electron chi connectivity index (χ0n) is 10.7. The van der Waals surface area contributed by atoms with E-state index in [-0.39, 0.29) is 11.3 Å². The van der Waals surface area contributed by atoms with Crippen molar-refractivity contribution in [1.82, 2.24) is 0 Å². The van der Waals surface area contributed by atoms with E-state index in [0.717, 1.165) is 6.07 Å². The van der Waals surface area contributed by atoms with E-state index in [1.54, 1.807) is 0 Å². The predicted octanol–water partition coefficient (Wildman–Crippen LogP) is 2.22. The van der Waals surface area contributed by atoms with Crippen molar-refractivity contribution in [1.29, 1.82) is 0 Å². The maximum Gasteiger partial charge on any atom is 0.319 e. The Kier molecular flexibility index (Phi) is 4.06. The fourth-order valence-electron chi connectivity index (χ4n) is 1.52. The number of halogens is 1. The summed E-state index contributed by atoms with van der Waals surface area (Å²) >= 11 is 0. The number of methoxy groups -OCH3 is 2. The predicted molar refractivity (Wildman–Crippen MR) is 63.1 cm³/mol. The molecule has 0 aliphatic carbocycles. The summed E-state index contributed by atoms with van der Waals surface area (Å²) in [6.07, 6.45) is 0. The van der Waals surface area contributed by atoms with Crippen molar-refractivity contribution in [2.75, 3.05) is 14.2 Å². The molecule has 0 aliphatic heterocycles. The van der Waals surface area contributed by atoms with Gasteiger partial charge in [-0.25, -0.2) is 4.39 Å². The molecule has 0 radical (unpaired) electrons. The average molecular weight is 254 g/mol. The quantitative estimate of drug-likeness (QED) is 0.469. The smallest absolute Gasteiger partial charge is 0.319 e. The van der Waals surface area contributed by atoms with Gasteiger partial charge in [-0.15, -0.1) is 0 Å². The van der Waals surface area contributed by atoms with E-state index >= 15 is 0 Å². The summed E-state index contributed by atoms with van der Waals surface area (Å²) in [5, 5.41) is 0. The van der Waals surface area contributed by atoms with Crippen LogP contribution in [0.4, 0.5) is 4.39 Å². The first kappa shape index (κ1) is 14.2. The molecule has 1 rings (SSSR count). The van der Waals surface area contributed by atoms with Gasteiger partial charge >= 0.3 is 5.97 Å². The van der Waals surface area contributed by atoms with Crippen LogP contribution in [0.5, 0.6) is 5.75 Å². The van der Waals surface area contributed by atoms with Crippen molar-refractivity contribution in [2.45, 2.75) is 13.8 Å². The Morgan fingerprint density at radius 2 is 1.83 bits per heavy atom. The highest BCUT2D eigenvalue weighted by Gasteiger charge is 2.37. The summed E-state index contributed by atoms with van der Waals surface area (Å²) in [6.45, 7) is 2.87. The Morgan fingerprint density at radius 1 is 1.22 bits per heavy atom. The van der Waals surface area contributed by atoms with Gasteiger partial charge in [-0.2, -0.15) is 0 Å². The van der Waals surface area contributed by atoms with Crippen molar-refractivity contribution in [3.05, 3.63) is 29.6 Å². The third kappa shape index (κ3) is 2.50. The number of carbonyl (C=O) groups is 2. The van der Waals surface area contributed by atoms with Crippen LogP contribution < -0.4 is 4.74 Å². The second kappa shape index (κ2) is 5.16. The van der Waals surface area contributed by atoms with Gasteiger partial charge in [0, 0.05) is 5.56 Å². The molecule has 0 fully saturated rings. The number of carbonyl (C=O) groups excluding carboxylic acids is 2. The van der Waals surface area contributed by atoms with Crippen molar-refractivity contribution < 1.29 is 23.5 Å². The van der Waals surface area contributed by atoms with Gasteiger partial charge in [0.05, 0.1) is 14.2 Å². The third-order valence-electron chi connectivity index (χ3n) is 2.68. The Morgan fingerprint density at radius 3 is 2.28 bits per heavy atom. The molecule has 1 aromatic carbocycles. The normalized spacial score (nSPS) is 10.9. The van der Waals surface area contributed by atoms with Crippen molar-refractivity contribution in [3.8, 4) is 5.75 Å². The first-order valence-electron chi connectivity index (χ1n) is 5.31. The molecule has 0 heterocycles. The highest BCUT2D eigenvalue weighted by atomic mass is 19.1. The summed E-state index contributed by atoms with van der Waals surface area (Å²) < 4.78 is 22.8. The monoisotopic (exact) mass is 254 g/mol. The molecule has 0 saturated heterocycles. The standard InChI is InChI=1S/C13H15FO4/c1-13(2,12(16)18-4)11(15)8-5-6-10(17-3)9(14)7-8/h5-7H,1-4H3.